The van der Waals surface area contributed by atoms with E-state index in [0.717, 1.165) is 18.5 Å². The van der Waals surface area contributed by atoms with E-state index < -0.39 is 10.0 Å². The van der Waals surface area contributed by atoms with Crippen molar-refractivity contribution in [2.45, 2.75) is 20.8 Å². The summed E-state index contributed by atoms with van der Waals surface area (Å²) in [7, 11) is -3.36. The van der Waals surface area contributed by atoms with Gasteiger partial charge >= 0.3 is 0 Å². The number of hydrogen-bond donors (Lipinski definition) is 0. The molecule has 1 aromatic rings. The van der Waals surface area contributed by atoms with Crippen molar-refractivity contribution in [2.75, 3.05) is 17.7 Å². The molecule has 18 heavy (non-hydrogen) atoms. The Hall–Kier alpha value is -1.36. The maximum Gasteiger partial charge on any atom is 0.251 e. The molecule has 1 fully saturated rings. The van der Waals surface area contributed by atoms with Gasteiger partial charge < -0.3 is 4.90 Å². The molecule has 0 spiro atoms. The van der Waals surface area contributed by atoms with Crippen molar-refractivity contribution >= 4 is 21.5 Å². The van der Waals surface area contributed by atoms with Crippen LogP contribution in [0.3, 0.4) is 0 Å². The van der Waals surface area contributed by atoms with Gasteiger partial charge in [0, 0.05) is 17.6 Å². The number of rotatable bonds is 2. The molecule has 1 saturated heterocycles. The number of sulfonamides is 1. The highest BCUT2D eigenvalue weighted by molar-refractivity contribution is 7.89. The van der Waals surface area contributed by atoms with Gasteiger partial charge in [-0.3, -0.25) is 0 Å². The molecule has 0 aliphatic carbocycles. The molecule has 0 saturated carbocycles. The van der Waals surface area contributed by atoms with E-state index in [9.17, 15) is 8.42 Å². The van der Waals surface area contributed by atoms with E-state index in [4.69, 9.17) is 0 Å². The fraction of sp³-hybridized carbons (Fsp3) is 0.462. The Morgan fingerprint density at radius 1 is 1.22 bits per heavy atom. The first-order valence-corrected chi connectivity index (χ1v) is 7.68. The number of anilines is 1. The van der Waals surface area contributed by atoms with Crippen LogP contribution in [0.2, 0.25) is 0 Å². The van der Waals surface area contributed by atoms with Crippen LogP contribution in [0.25, 0.3) is 0 Å². The molecule has 0 atom stereocenters. The third-order valence-electron chi connectivity index (χ3n) is 3.01. The standard InChI is InChI=1S/C13H18N2O2S/c1-10-5-7-11(8-6-10)15-9-13(2,3)12(15)14-18(4,16)17/h5-8H,9H2,1-4H3/b14-12+. The Balaban J connectivity index is 2.37. The number of benzene rings is 1. The summed E-state index contributed by atoms with van der Waals surface area (Å²) in [6, 6.07) is 8.00. The van der Waals surface area contributed by atoms with Gasteiger partial charge in [0.2, 0.25) is 0 Å². The first-order chi connectivity index (χ1) is 8.19. The summed E-state index contributed by atoms with van der Waals surface area (Å²) < 4.78 is 26.5. The molecular formula is C13H18N2O2S. The third kappa shape index (κ3) is 2.56. The van der Waals surface area contributed by atoms with Gasteiger partial charge in [0.1, 0.15) is 5.84 Å². The average molecular weight is 266 g/mol. The summed E-state index contributed by atoms with van der Waals surface area (Å²) in [4.78, 5) is 1.94. The molecule has 0 bridgehead atoms. The fourth-order valence-electron chi connectivity index (χ4n) is 2.08. The monoisotopic (exact) mass is 266 g/mol. The topological polar surface area (TPSA) is 49.7 Å². The number of amidine groups is 1. The molecule has 0 amide bonds. The van der Waals surface area contributed by atoms with E-state index in [1.54, 1.807) is 0 Å². The minimum Gasteiger partial charge on any atom is -0.328 e. The normalized spacial score (nSPS) is 20.9. The van der Waals surface area contributed by atoms with Crippen LogP contribution < -0.4 is 4.90 Å². The van der Waals surface area contributed by atoms with Crippen LogP contribution >= 0.6 is 0 Å². The second-order valence-corrected chi connectivity index (χ2v) is 7.10. The lowest BCUT2D eigenvalue weighted by Gasteiger charge is -2.48. The first kappa shape index (κ1) is 13.1. The number of hydrogen-bond acceptors (Lipinski definition) is 2. The highest BCUT2D eigenvalue weighted by Crippen LogP contribution is 2.36. The lowest BCUT2D eigenvalue weighted by atomic mass is 9.82. The number of nitrogens with zero attached hydrogens (tertiary/aromatic N) is 2. The molecule has 0 unspecified atom stereocenters. The molecule has 98 valence electrons. The highest BCUT2D eigenvalue weighted by atomic mass is 32.2. The van der Waals surface area contributed by atoms with Crippen molar-refractivity contribution in [1.29, 1.82) is 0 Å². The summed E-state index contributed by atoms with van der Waals surface area (Å²) in [5.41, 5.74) is 1.98. The Morgan fingerprint density at radius 2 is 1.78 bits per heavy atom. The zero-order chi connectivity index (χ0) is 13.6. The molecule has 1 heterocycles. The SMILES string of the molecule is Cc1ccc(N2CC(C)(C)/C2=N\S(C)(=O)=O)cc1. The molecule has 1 aliphatic heterocycles. The van der Waals surface area contributed by atoms with Gasteiger partial charge in [-0.15, -0.1) is 4.40 Å². The zero-order valence-electron chi connectivity index (χ0n) is 11.1. The fourth-order valence-corrected chi connectivity index (χ4v) is 2.74. The van der Waals surface area contributed by atoms with Crippen molar-refractivity contribution in [3.8, 4) is 0 Å². The van der Waals surface area contributed by atoms with Crippen LogP contribution in [0.4, 0.5) is 5.69 Å². The molecule has 2 rings (SSSR count). The quantitative estimate of drug-likeness (QED) is 0.824. The van der Waals surface area contributed by atoms with Crippen LogP contribution in [0.5, 0.6) is 0 Å². The summed E-state index contributed by atoms with van der Waals surface area (Å²) in [5, 5.41) is 0. The molecule has 1 aromatic carbocycles. The minimum atomic E-state index is -3.36. The van der Waals surface area contributed by atoms with Gasteiger partial charge in [-0.2, -0.15) is 0 Å². The molecule has 1 aliphatic rings. The predicted octanol–water partition coefficient (Wildman–Crippen LogP) is 2.20. The van der Waals surface area contributed by atoms with E-state index >= 15 is 0 Å². The van der Waals surface area contributed by atoms with Gasteiger partial charge in [-0.05, 0) is 19.1 Å². The summed E-state index contributed by atoms with van der Waals surface area (Å²) >= 11 is 0. The van der Waals surface area contributed by atoms with E-state index in [1.165, 1.54) is 5.56 Å². The molecule has 4 nitrogen and oxygen atoms in total. The zero-order valence-corrected chi connectivity index (χ0v) is 12.0. The Bertz CT molecular complexity index is 586. The Kier molecular flexibility index (Phi) is 2.97. The summed E-state index contributed by atoms with van der Waals surface area (Å²) in [6.07, 6.45) is 1.13. The smallest absolute Gasteiger partial charge is 0.251 e. The van der Waals surface area contributed by atoms with E-state index in [-0.39, 0.29) is 5.41 Å². The third-order valence-corrected chi connectivity index (χ3v) is 3.52. The Labute approximate surface area is 108 Å². The highest BCUT2D eigenvalue weighted by Gasteiger charge is 2.43. The maximum absolute atomic E-state index is 11.3. The molecule has 0 N–H and O–H groups in total. The van der Waals surface area contributed by atoms with Crippen molar-refractivity contribution in [2.24, 2.45) is 9.81 Å². The summed E-state index contributed by atoms with van der Waals surface area (Å²) in [6.45, 7) is 6.81. The molecular weight excluding hydrogens is 248 g/mol. The maximum atomic E-state index is 11.3. The average Bonchev–Trinajstić information content (AvgIpc) is 2.24. The second kappa shape index (κ2) is 4.09. The van der Waals surface area contributed by atoms with Crippen LogP contribution in [-0.2, 0) is 10.0 Å². The largest absolute Gasteiger partial charge is 0.328 e. The molecule has 0 aromatic heterocycles. The van der Waals surface area contributed by atoms with E-state index in [2.05, 4.69) is 4.40 Å². The van der Waals surface area contributed by atoms with Gasteiger partial charge in [-0.1, -0.05) is 31.5 Å². The van der Waals surface area contributed by atoms with E-state index in [0.29, 0.717) is 5.84 Å². The van der Waals surface area contributed by atoms with Gasteiger partial charge in [-0.25, -0.2) is 8.42 Å². The number of aryl methyl sites for hydroxylation is 1. The lowest BCUT2D eigenvalue weighted by Crippen LogP contribution is -2.59. The van der Waals surface area contributed by atoms with Crippen molar-refractivity contribution in [1.82, 2.24) is 0 Å². The predicted molar refractivity (Wildman–Crippen MR) is 74.6 cm³/mol. The van der Waals surface area contributed by atoms with Crippen molar-refractivity contribution in [3.63, 3.8) is 0 Å². The van der Waals surface area contributed by atoms with Gasteiger partial charge in [0.25, 0.3) is 10.0 Å². The van der Waals surface area contributed by atoms with Gasteiger partial charge in [0.05, 0.1) is 6.26 Å². The molecule has 5 heteroatoms. The molecule has 0 radical (unpaired) electrons. The van der Waals surface area contributed by atoms with E-state index in [1.807, 2.05) is 49.9 Å². The lowest BCUT2D eigenvalue weighted by molar-refractivity contribution is 0.458. The van der Waals surface area contributed by atoms with Crippen molar-refractivity contribution in [3.05, 3.63) is 29.8 Å². The Morgan fingerprint density at radius 3 is 2.22 bits per heavy atom. The van der Waals surface area contributed by atoms with Crippen LogP contribution in [-0.4, -0.2) is 27.1 Å². The first-order valence-electron chi connectivity index (χ1n) is 5.84. The second-order valence-electron chi connectivity index (χ2n) is 5.45. The minimum absolute atomic E-state index is 0.187. The van der Waals surface area contributed by atoms with Crippen LogP contribution in [0.15, 0.2) is 28.7 Å². The summed E-state index contributed by atoms with van der Waals surface area (Å²) in [5.74, 6) is 0.619. The van der Waals surface area contributed by atoms with Crippen LogP contribution in [0.1, 0.15) is 19.4 Å². The van der Waals surface area contributed by atoms with Crippen molar-refractivity contribution < 1.29 is 8.42 Å². The van der Waals surface area contributed by atoms with Crippen LogP contribution in [0, 0.1) is 12.3 Å². The van der Waals surface area contributed by atoms with Gasteiger partial charge in [0.15, 0.2) is 0 Å².